The third-order valence-corrected chi connectivity index (χ3v) is 4.94. The van der Waals surface area contributed by atoms with Gasteiger partial charge in [0.1, 0.15) is 0 Å². The fourth-order valence-electron chi connectivity index (χ4n) is 2.54. The third-order valence-electron chi connectivity index (χ3n) is 3.84. The molecule has 1 fully saturated rings. The van der Waals surface area contributed by atoms with Gasteiger partial charge in [-0.2, -0.15) is 0 Å². The molecule has 1 aliphatic carbocycles. The van der Waals surface area contributed by atoms with E-state index < -0.39 is 0 Å². The molecule has 2 rings (SSSR count). The van der Waals surface area contributed by atoms with Gasteiger partial charge in [0.25, 0.3) is 0 Å². The zero-order chi connectivity index (χ0) is 13.8. The highest BCUT2D eigenvalue weighted by atomic mass is 32.1. The van der Waals surface area contributed by atoms with Gasteiger partial charge >= 0.3 is 5.97 Å². The van der Waals surface area contributed by atoms with Crippen LogP contribution in [0.2, 0.25) is 0 Å². The molecule has 0 unspecified atom stereocenters. The van der Waals surface area contributed by atoms with E-state index in [9.17, 15) is 9.59 Å². The largest absolute Gasteiger partial charge is 0.469 e. The highest BCUT2D eigenvalue weighted by Gasteiger charge is 2.26. The lowest BCUT2D eigenvalue weighted by Crippen LogP contribution is -2.20. The summed E-state index contributed by atoms with van der Waals surface area (Å²) >= 11 is 1.43. The molecule has 0 N–H and O–H groups in total. The molecule has 0 aliphatic heterocycles. The molecule has 0 aromatic carbocycles. The molecule has 1 aromatic rings. The molecule has 0 radical (unpaired) electrons. The molecular weight excluding hydrogens is 260 g/mol. The first kappa shape index (κ1) is 14.3. The van der Waals surface area contributed by atoms with E-state index in [1.165, 1.54) is 18.4 Å². The van der Waals surface area contributed by atoms with Crippen LogP contribution in [-0.4, -0.2) is 18.9 Å². The van der Waals surface area contributed by atoms with E-state index >= 15 is 0 Å². The lowest BCUT2D eigenvalue weighted by atomic mass is 9.80. The zero-order valence-electron chi connectivity index (χ0n) is 11.5. The first-order chi connectivity index (χ1) is 9.10. The predicted molar refractivity (Wildman–Crippen MR) is 75.5 cm³/mol. The van der Waals surface area contributed by atoms with E-state index in [-0.39, 0.29) is 24.1 Å². The van der Waals surface area contributed by atoms with Crippen molar-refractivity contribution in [2.75, 3.05) is 7.11 Å². The maximum Gasteiger partial charge on any atom is 0.310 e. The molecule has 1 heterocycles. The summed E-state index contributed by atoms with van der Waals surface area (Å²) in [6.45, 7) is 2.25. The normalized spacial score (nSPS) is 23.1. The van der Waals surface area contributed by atoms with Gasteiger partial charge in [-0.15, -0.1) is 11.3 Å². The van der Waals surface area contributed by atoms with E-state index in [1.807, 2.05) is 12.1 Å². The first-order valence-electron chi connectivity index (χ1n) is 6.80. The number of carbonyl (C=O) groups excluding carboxylic acids is 2. The topological polar surface area (TPSA) is 43.4 Å². The molecule has 19 heavy (non-hydrogen) atoms. The van der Waals surface area contributed by atoms with Crippen molar-refractivity contribution in [1.29, 1.82) is 0 Å². The zero-order valence-corrected chi connectivity index (χ0v) is 12.3. The van der Waals surface area contributed by atoms with Crippen molar-refractivity contribution >= 4 is 23.1 Å². The van der Waals surface area contributed by atoms with Gasteiger partial charge in [0.15, 0.2) is 5.78 Å². The lowest BCUT2D eigenvalue weighted by Gasteiger charge is -2.24. The van der Waals surface area contributed by atoms with E-state index in [1.54, 1.807) is 0 Å². The number of hydrogen-bond acceptors (Lipinski definition) is 4. The van der Waals surface area contributed by atoms with Gasteiger partial charge in [-0.25, -0.2) is 0 Å². The van der Waals surface area contributed by atoms with Gasteiger partial charge in [0.2, 0.25) is 0 Å². The van der Waals surface area contributed by atoms with Crippen LogP contribution in [0.15, 0.2) is 12.1 Å². The van der Waals surface area contributed by atoms with Crippen LogP contribution in [0.3, 0.4) is 0 Å². The minimum Gasteiger partial charge on any atom is -0.469 e. The third kappa shape index (κ3) is 3.66. The molecule has 3 nitrogen and oxygen atoms in total. The fraction of sp³-hybridized carbons (Fsp3) is 0.600. The van der Waals surface area contributed by atoms with Crippen LogP contribution < -0.4 is 0 Å². The number of thiophene rings is 1. The fourth-order valence-corrected chi connectivity index (χ4v) is 3.56. The van der Waals surface area contributed by atoms with Gasteiger partial charge in [0.05, 0.1) is 18.4 Å². The van der Waals surface area contributed by atoms with Crippen molar-refractivity contribution in [3.63, 3.8) is 0 Å². The maximum atomic E-state index is 12.4. The maximum absolute atomic E-state index is 12.4. The Labute approximate surface area is 118 Å². The quantitative estimate of drug-likeness (QED) is 0.626. The number of methoxy groups -OCH3 is 1. The Hall–Kier alpha value is -1.16. The first-order valence-corrected chi connectivity index (χ1v) is 7.61. The summed E-state index contributed by atoms with van der Waals surface area (Å²) in [5, 5.41) is 0. The molecule has 1 saturated carbocycles. The Bertz CT molecular complexity index is 456. The van der Waals surface area contributed by atoms with Crippen LogP contribution >= 0.6 is 11.3 Å². The van der Waals surface area contributed by atoms with Gasteiger partial charge in [-0.1, -0.05) is 19.8 Å². The molecule has 104 valence electrons. The second-order valence-electron chi connectivity index (χ2n) is 5.34. The van der Waals surface area contributed by atoms with Gasteiger partial charge < -0.3 is 4.74 Å². The van der Waals surface area contributed by atoms with Crippen molar-refractivity contribution < 1.29 is 14.3 Å². The minimum absolute atomic E-state index is 0.181. The van der Waals surface area contributed by atoms with E-state index in [2.05, 4.69) is 11.7 Å². The van der Waals surface area contributed by atoms with Crippen LogP contribution in [0, 0.1) is 11.8 Å². The van der Waals surface area contributed by atoms with Crippen LogP contribution in [-0.2, 0) is 16.0 Å². The van der Waals surface area contributed by atoms with Crippen LogP contribution in [0.25, 0.3) is 0 Å². The van der Waals surface area contributed by atoms with Crippen LogP contribution in [0.5, 0.6) is 0 Å². The minimum atomic E-state index is -0.257. The number of ketones is 1. The number of ether oxygens (including phenoxy) is 1. The molecular formula is C15H20O3S. The SMILES string of the molecule is COC(=O)Cc1ccc(C(=O)C2CCC(C)CC2)s1. The molecule has 1 aromatic heterocycles. The highest BCUT2D eigenvalue weighted by Crippen LogP contribution is 2.32. The van der Waals surface area contributed by atoms with Crippen LogP contribution in [0.1, 0.15) is 47.2 Å². The Morgan fingerprint density at radius 1 is 1.26 bits per heavy atom. The average molecular weight is 280 g/mol. The molecule has 0 saturated heterocycles. The molecule has 4 heteroatoms. The smallest absolute Gasteiger partial charge is 0.310 e. The van der Waals surface area contributed by atoms with Gasteiger partial charge in [0, 0.05) is 10.8 Å². The number of Topliss-reactive ketones (excluding diaryl/α,β-unsaturated/α-hetero) is 1. The average Bonchev–Trinajstić information content (AvgIpc) is 2.87. The molecule has 1 aliphatic rings. The molecule has 0 bridgehead atoms. The van der Waals surface area contributed by atoms with Crippen molar-refractivity contribution in [2.24, 2.45) is 11.8 Å². The van der Waals surface area contributed by atoms with E-state index in [0.717, 1.165) is 41.4 Å². The Morgan fingerprint density at radius 3 is 2.58 bits per heavy atom. The summed E-state index contributed by atoms with van der Waals surface area (Å²) in [6, 6.07) is 3.71. The van der Waals surface area contributed by atoms with Gasteiger partial charge in [-0.05, 0) is 30.9 Å². The second kappa shape index (κ2) is 6.33. The second-order valence-corrected chi connectivity index (χ2v) is 6.51. The summed E-state index contributed by atoms with van der Waals surface area (Å²) < 4.78 is 4.63. The summed E-state index contributed by atoms with van der Waals surface area (Å²) in [7, 11) is 1.38. The predicted octanol–water partition coefficient (Wildman–Crippen LogP) is 3.47. The van der Waals surface area contributed by atoms with Gasteiger partial charge in [-0.3, -0.25) is 9.59 Å². The van der Waals surface area contributed by atoms with E-state index in [4.69, 9.17) is 0 Å². The standard InChI is InChI=1S/C15H20O3S/c1-10-3-5-11(6-4-10)15(17)13-8-7-12(19-13)9-14(16)18-2/h7-8,10-11H,3-6,9H2,1-2H3. The number of rotatable bonds is 4. The van der Waals surface area contributed by atoms with Crippen molar-refractivity contribution in [3.8, 4) is 0 Å². The number of carbonyl (C=O) groups is 2. The van der Waals surface area contributed by atoms with Crippen molar-refractivity contribution in [3.05, 3.63) is 21.9 Å². The molecule has 0 amide bonds. The van der Waals surface area contributed by atoms with Crippen molar-refractivity contribution in [2.45, 2.75) is 39.0 Å². The van der Waals surface area contributed by atoms with Crippen molar-refractivity contribution in [1.82, 2.24) is 0 Å². The Balaban J connectivity index is 1.98. The molecule has 0 atom stereocenters. The summed E-state index contributed by atoms with van der Waals surface area (Å²) in [6.07, 6.45) is 4.57. The summed E-state index contributed by atoms with van der Waals surface area (Å²) in [5.74, 6) is 0.934. The monoisotopic (exact) mass is 280 g/mol. The highest BCUT2D eigenvalue weighted by molar-refractivity contribution is 7.14. The summed E-state index contributed by atoms with van der Waals surface area (Å²) in [4.78, 5) is 25.3. The van der Waals surface area contributed by atoms with Crippen LogP contribution in [0.4, 0.5) is 0 Å². The lowest BCUT2D eigenvalue weighted by molar-refractivity contribution is -0.139. The number of hydrogen-bond donors (Lipinski definition) is 0. The number of esters is 1. The Morgan fingerprint density at radius 2 is 1.95 bits per heavy atom. The summed E-state index contributed by atoms with van der Waals surface area (Å²) in [5.41, 5.74) is 0. The molecule has 0 spiro atoms. The Kier molecular flexibility index (Phi) is 4.75. The van der Waals surface area contributed by atoms with E-state index in [0.29, 0.717) is 0 Å².